The number of carbonyl (C=O) groups is 2. The van der Waals surface area contributed by atoms with Gasteiger partial charge in [-0.15, -0.1) is 0 Å². The standard InChI is InChI=1S/C7H12N2O3/c1-9-3-2-6(10)8-4-5(9)7(11)12/h5H,2-4H2,1H3,(H,8,10)(H,11,12). The van der Waals surface area contributed by atoms with E-state index in [1.54, 1.807) is 11.9 Å². The Balaban J connectivity index is 2.62. The monoisotopic (exact) mass is 172 g/mol. The van der Waals surface area contributed by atoms with Crippen LogP contribution < -0.4 is 5.32 Å². The first-order valence-corrected chi connectivity index (χ1v) is 3.81. The molecule has 0 saturated carbocycles. The fraction of sp³-hybridized carbons (Fsp3) is 0.714. The Labute approximate surface area is 70.4 Å². The second-order valence-electron chi connectivity index (χ2n) is 2.89. The summed E-state index contributed by atoms with van der Waals surface area (Å²) in [6, 6.07) is -0.587. The lowest BCUT2D eigenvalue weighted by Crippen LogP contribution is -2.43. The van der Waals surface area contributed by atoms with Gasteiger partial charge in [-0.25, -0.2) is 0 Å². The maximum Gasteiger partial charge on any atom is 0.322 e. The van der Waals surface area contributed by atoms with Gasteiger partial charge in [0, 0.05) is 19.5 Å². The van der Waals surface area contributed by atoms with Gasteiger partial charge in [0.2, 0.25) is 5.91 Å². The molecule has 1 aliphatic rings. The number of hydrogen-bond donors (Lipinski definition) is 2. The van der Waals surface area contributed by atoms with E-state index in [1.165, 1.54) is 0 Å². The number of likely N-dealkylation sites (N-methyl/N-ethyl adjacent to an activating group) is 1. The van der Waals surface area contributed by atoms with Crippen LogP contribution >= 0.6 is 0 Å². The van der Waals surface area contributed by atoms with Gasteiger partial charge >= 0.3 is 5.97 Å². The third-order valence-corrected chi connectivity index (χ3v) is 2.00. The molecule has 1 heterocycles. The van der Waals surface area contributed by atoms with Crippen molar-refractivity contribution in [1.29, 1.82) is 0 Å². The van der Waals surface area contributed by atoms with E-state index in [-0.39, 0.29) is 12.5 Å². The summed E-state index contributed by atoms with van der Waals surface area (Å²) < 4.78 is 0. The third kappa shape index (κ3) is 1.94. The molecule has 68 valence electrons. The minimum atomic E-state index is -0.889. The van der Waals surface area contributed by atoms with Crippen LogP contribution in [0.5, 0.6) is 0 Å². The van der Waals surface area contributed by atoms with Crippen LogP contribution in [0.1, 0.15) is 6.42 Å². The number of carboxylic acids is 1. The summed E-state index contributed by atoms with van der Waals surface area (Å²) in [5.74, 6) is -0.967. The Morgan fingerprint density at radius 1 is 1.75 bits per heavy atom. The van der Waals surface area contributed by atoms with Crippen LogP contribution in [0.15, 0.2) is 0 Å². The molecule has 2 N–H and O–H groups in total. The van der Waals surface area contributed by atoms with E-state index in [2.05, 4.69) is 5.32 Å². The second kappa shape index (κ2) is 3.53. The Hall–Kier alpha value is -1.10. The Kier molecular flexibility index (Phi) is 2.65. The van der Waals surface area contributed by atoms with Crippen molar-refractivity contribution >= 4 is 11.9 Å². The van der Waals surface area contributed by atoms with Gasteiger partial charge in [-0.05, 0) is 7.05 Å². The fourth-order valence-corrected chi connectivity index (χ4v) is 1.16. The summed E-state index contributed by atoms with van der Waals surface area (Å²) >= 11 is 0. The predicted molar refractivity (Wildman–Crippen MR) is 41.7 cm³/mol. The van der Waals surface area contributed by atoms with Crippen molar-refractivity contribution in [2.75, 3.05) is 20.1 Å². The summed E-state index contributed by atoms with van der Waals surface area (Å²) in [6.07, 6.45) is 0.375. The Morgan fingerprint density at radius 2 is 2.42 bits per heavy atom. The second-order valence-corrected chi connectivity index (χ2v) is 2.89. The number of aliphatic carboxylic acids is 1. The van der Waals surface area contributed by atoms with Crippen molar-refractivity contribution in [3.63, 3.8) is 0 Å². The van der Waals surface area contributed by atoms with Crippen LogP contribution in [0.4, 0.5) is 0 Å². The molecule has 1 saturated heterocycles. The van der Waals surface area contributed by atoms with Crippen molar-refractivity contribution in [1.82, 2.24) is 10.2 Å². The maximum atomic E-state index is 10.9. The van der Waals surface area contributed by atoms with E-state index in [1.807, 2.05) is 0 Å². The highest BCUT2D eigenvalue weighted by molar-refractivity contribution is 5.79. The van der Waals surface area contributed by atoms with E-state index in [0.29, 0.717) is 13.0 Å². The number of nitrogens with one attached hydrogen (secondary N) is 1. The average molecular weight is 172 g/mol. The lowest BCUT2D eigenvalue weighted by Gasteiger charge is -2.20. The molecule has 5 heteroatoms. The molecule has 0 radical (unpaired) electrons. The summed E-state index contributed by atoms with van der Waals surface area (Å²) in [5.41, 5.74) is 0. The number of nitrogens with zero attached hydrogens (tertiary/aromatic N) is 1. The van der Waals surface area contributed by atoms with Gasteiger partial charge in [0.1, 0.15) is 6.04 Å². The zero-order valence-corrected chi connectivity index (χ0v) is 6.91. The third-order valence-electron chi connectivity index (χ3n) is 2.00. The number of rotatable bonds is 1. The first-order valence-electron chi connectivity index (χ1n) is 3.81. The zero-order chi connectivity index (χ0) is 9.14. The van der Waals surface area contributed by atoms with Gasteiger partial charge in [-0.3, -0.25) is 14.5 Å². The number of amides is 1. The van der Waals surface area contributed by atoms with Crippen molar-refractivity contribution < 1.29 is 14.7 Å². The minimum absolute atomic E-state index is 0.0781. The van der Waals surface area contributed by atoms with Crippen LogP contribution in [0.3, 0.4) is 0 Å². The van der Waals surface area contributed by atoms with Crippen LogP contribution in [0.2, 0.25) is 0 Å². The number of hydrogen-bond acceptors (Lipinski definition) is 3. The van der Waals surface area contributed by atoms with Crippen molar-refractivity contribution in [2.24, 2.45) is 0 Å². The molecule has 1 amide bonds. The zero-order valence-electron chi connectivity index (χ0n) is 6.91. The quantitative estimate of drug-likeness (QED) is 0.526. The summed E-state index contributed by atoms with van der Waals surface area (Å²) in [5, 5.41) is 11.3. The van der Waals surface area contributed by atoms with E-state index < -0.39 is 12.0 Å². The minimum Gasteiger partial charge on any atom is -0.480 e. The summed E-state index contributed by atoms with van der Waals surface area (Å²) in [7, 11) is 1.71. The first kappa shape index (κ1) is 8.99. The molecule has 0 bridgehead atoms. The SMILES string of the molecule is CN1CCC(=O)NCC1C(=O)O. The molecular weight excluding hydrogens is 160 g/mol. The van der Waals surface area contributed by atoms with E-state index in [0.717, 1.165) is 0 Å². The molecule has 1 atom stereocenters. The van der Waals surface area contributed by atoms with Gasteiger partial charge in [0.05, 0.1) is 0 Å². The Morgan fingerprint density at radius 3 is 3.00 bits per heavy atom. The highest BCUT2D eigenvalue weighted by atomic mass is 16.4. The molecule has 0 aromatic carbocycles. The number of carbonyl (C=O) groups excluding carboxylic acids is 1. The van der Waals surface area contributed by atoms with Crippen molar-refractivity contribution in [3.8, 4) is 0 Å². The van der Waals surface area contributed by atoms with Gasteiger partial charge in [0.15, 0.2) is 0 Å². The highest BCUT2D eigenvalue weighted by Crippen LogP contribution is 2.01. The molecule has 0 aliphatic carbocycles. The largest absolute Gasteiger partial charge is 0.480 e. The molecule has 5 nitrogen and oxygen atoms in total. The van der Waals surface area contributed by atoms with Gasteiger partial charge in [-0.1, -0.05) is 0 Å². The van der Waals surface area contributed by atoms with Crippen molar-refractivity contribution in [2.45, 2.75) is 12.5 Å². The van der Waals surface area contributed by atoms with Crippen LogP contribution in [0, 0.1) is 0 Å². The molecule has 1 fully saturated rings. The lowest BCUT2D eigenvalue weighted by atomic mass is 10.3. The topological polar surface area (TPSA) is 69.6 Å². The molecule has 0 aromatic rings. The maximum absolute atomic E-state index is 10.9. The normalized spacial score (nSPS) is 26.1. The highest BCUT2D eigenvalue weighted by Gasteiger charge is 2.25. The van der Waals surface area contributed by atoms with Crippen molar-refractivity contribution in [3.05, 3.63) is 0 Å². The van der Waals surface area contributed by atoms with Gasteiger partial charge in [-0.2, -0.15) is 0 Å². The Bertz CT molecular complexity index is 205. The lowest BCUT2D eigenvalue weighted by molar-refractivity contribution is -0.142. The van der Waals surface area contributed by atoms with Gasteiger partial charge in [0.25, 0.3) is 0 Å². The molecule has 12 heavy (non-hydrogen) atoms. The number of carboxylic acid groups (broad SMARTS) is 1. The molecule has 1 unspecified atom stereocenters. The predicted octanol–water partition coefficient (Wildman–Crippen LogP) is -1.11. The molecular formula is C7H12N2O3. The smallest absolute Gasteiger partial charge is 0.322 e. The first-order chi connectivity index (χ1) is 5.61. The van der Waals surface area contributed by atoms with Crippen LogP contribution in [0.25, 0.3) is 0 Å². The van der Waals surface area contributed by atoms with Crippen LogP contribution in [-0.4, -0.2) is 48.1 Å². The van der Waals surface area contributed by atoms with E-state index in [4.69, 9.17) is 5.11 Å². The van der Waals surface area contributed by atoms with E-state index in [9.17, 15) is 9.59 Å². The molecule has 0 aromatic heterocycles. The average Bonchev–Trinajstić information content (AvgIpc) is 2.14. The fourth-order valence-electron chi connectivity index (χ4n) is 1.16. The molecule has 1 rings (SSSR count). The molecule has 0 spiro atoms. The van der Waals surface area contributed by atoms with Crippen LogP contribution in [-0.2, 0) is 9.59 Å². The summed E-state index contributed by atoms with van der Waals surface area (Å²) in [6.45, 7) is 0.702. The molecule has 1 aliphatic heterocycles. The van der Waals surface area contributed by atoms with E-state index >= 15 is 0 Å². The van der Waals surface area contributed by atoms with Gasteiger partial charge < -0.3 is 10.4 Å². The summed E-state index contributed by atoms with van der Waals surface area (Å²) in [4.78, 5) is 23.2.